The molecule has 2 aliphatic carbocycles. The molecule has 0 spiro atoms. The van der Waals surface area contributed by atoms with Crippen LogP contribution in [0.15, 0.2) is 11.6 Å². The summed E-state index contributed by atoms with van der Waals surface area (Å²) in [6.45, 7) is 12.9. The number of carbonyl (C=O) groups is 2. The van der Waals surface area contributed by atoms with Gasteiger partial charge in [-0.15, -0.1) is 0 Å². The third-order valence-corrected chi connectivity index (χ3v) is 7.46. The molecule has 1 saturated heterocycles. The maximum absolute atomic E-state index is 12.6. The Morgan fingerprint density at radius 1 is 1.18 bits per heavy atom. The molecule has 2 saturated carbocycles. The quantitative estimate of drug-likeness (QED) is 0.448. The summed E-state index contributed by atoms with van der Waals surface area (Å²) in [5.74, 6) is -1.10. The molecule has 1 N–H and O–H groups in total. The fourth-order valence-corrected chi connectivity index (χ4v) is 5.56. The number of aliphatic hydroxyl groups is 1. The first kappa shape index (κ1) is 21.3. The molecule has 0 aromatic rings. The van der Waals surface area contributed by atoms with Crippen LogP contribution in [0, 0.1) is 17.3 Å². The van der Waals surface area contributed by atoms with Gasteiger partial charge in [0.2, 0.25) is 0 Å². The van der Waals surface area contributed by atoms with Crippen LogP contribution in [0.2, 0.25) is 0 Å². The van der Waals surface area contributed by atoms with Gasteiger partial charge in [0, 0.05) is 30.3 Å². The molecule has 28 heavy (non-hydrogen) atoms. The fraction of sp³-hybridized carbons (Fsp3) is 0.818. The van der Waals surface area contributed by atoms with Crippen molar-refractivity contribution in [3.05, 3.63) is 11.6 Å². The van der Waals surface area contributed by atoms with Crippen LogP contribution in [-0.4, -0.2) is 46.6 Å². The number of rotatable bonds is 4. The molecule has 0 bridgehead atoms. The van der Waals surface area contributed by atoms with Gasteiger partial charge in [-0.05, 0) is 39.5 Å². The third kappa shape index (κ3) is 3.18. The third-order valence-electron chi connectivity index (χ3n) is 7.46. The second-order valence-electron chi connectivity index (χ2n) is 9.63. The predicted octanol–water partition coefficient (Wildman–Crippen LogP) is 3.16. The van der Waals surface area contributed by atoms with Crippen molar-refractivity contribution >= 4 is 11.9 Å². The van der Waals surface area contributed by atoms with Gasteiger partial charge in [0.05, 0.1) is 11.2 Å². The van der Waals surface area contributed by atoms with E-state index in [2.05, 4.69) is 0 Å². The molecule has 6 heteroatoms. The van der Waals surface area contributed by atoms with Crippen molar-refractivity contribution in [2.75, 3.05) is 0 Å². The number of carbonyl (C=O) groups excluding carboxylic acids is 2. The number of hydrogen-bond acceptors (Lipinski definition) is 6. The van der Waals surface area contributed by atoms with Gasteiger partial charge in [-0.2, -0.15) is 0 Å². The lowest BCUT2D eigenvalue weighted by molar-refractivity contribution is -0.181. The Kier molecular flexibility index (Phi) is 5.20. The van der Waals surface area contributed by atoms with E-state index in [1.807, 2.05) is 27.7 Å². The molecule has 0 unspecified atom stereocenters. The summed E-state index contributed by atoms with van der Waals surface area (Å²) in [5, 5.41) is 11.7. The highest BCUT2D eigenvalue weighted by molar-refractivity contribution is 5.87. The van der Waals surface area contributed by atoms with Crippen LogP contribution < -0.4 is 0 Å². The summed E-state index contributed by atoms with van der Waals surface area (Å²) in [6, 6.07) is 0. The molecule has 158 valence electrons. The van der Waals surface area contributed by atoms with E-state index in [-0.39, 0.29) is 29.9 Å². The second kappa shape index (κ2) is 6.84. The van der Waals surface area contributed by atoms with Crippen molar-refractivity contribution in [3.8, 4) is 0 Å². The average molecular weight is 395 g/mol. The average Bonchev–Trinajstić information content (AvgIpc) is 3.17. The molecule has 1 aliphatic heterocycles. The van der Waals surface area contributed by atoms with E-state index in [4.69, 9.17) is 14.2 Å². The van der Waals surface area contributed by atoms with Gasteiger partial charge in [-0.25, -0.2) is 4.79 Å². The normalized spacial score (nSPS) is 45.1. The summed E-state index contributed by atoms with van der Waals surface area (Å²) in [5.41, 5.74) is -1.54. The number of ether oxygens (including phenoxy) is 3. The Hall–Kier alpha value is -1.40. The van der Waals surface area contributed by atoms with Crippen LogP contribution >= 0.6 is 0 Å². The number of esters is 2. The Labute approximate surface area is 167 Å². The zero-order valence-corrected chi connectivity index (χ0v) is 18.1. The van der Waals surface area contributed by atoms with Gasteiger partial charge >= 0.3 is 11.9 Å². The van der Waals surface area contributed by atoms with Gasteiger partial charge in [0.25, 0.3) is 0 Å². The van der Waals surface area contributed by atoms with E-state index in [1.54, 1.807) is 19.9 Å². The van der Waals surface area contributed by atoms with Crippen molar-refractivity contribution in [2.24, 2.45) is 17.3 Å². The lowest BCUT2D eigenvalue weighted by atomic mass is 9.66. The lowest BCUT2D eigenvalue weighted by Gasteiger charge is -2.45. The molecule has 0 aromatic heterocycles. The smallest absolute Gasteiger partial charge is 0.333 e. The van der Waals surface area contributed by atoms with E-state index in [9.17, 15) is 14.7 Å². The SMILES string of the molecule is C/C=C(\C)C(=O)O[C@@H]1C[C@@]2(C)O[C@H]2[C@H](OC(C)=O)[C@@]2(C)CC[C@@](O)(C(C)C)[C@H]12. The number of fused-ring (bicyclic) bond motifs is 2. The zero-order chi connectivity index (χ0) is 21.1. The van der Waals surface area contributed by atoms with Crippen LogP contribution in [-0.2, 0) is 23.8 Å². The standard InChI is InChI=1S/C22H34O6/c1-8-13(4)19(24)27-15-11-21(7)18(28-21)17(26-14(5)23)20(6)9-10-22(25,12(2)3)16(15)20/h8,12,15-18,25H,9-11H2,1-7H3/b13-8+/t15-,16-,17+,18+,20+,21-,22-/m1/s1. The monoisotopic (exact) mass is 394 g/mol. The Morgan fingerprint density at radius 2 is 1.82 bits per heavy atom. The summed E-state index contributed by atoms with van der Waals surface area (Å²) >= 11 is 0. The minimum absolute atomic E-state index is 0.0236. The van der Waals surface area contributed by atoms with Gasteiger partial charge < -0.3 is 19.3 Å². The largest absolute Gasteiger partial charge is 0.459 e. The molecule has 0 aromatic carbocycles. The second-order valence-corrected chi connectivity index (χ2v) is 9.63. The minimum atomic E-state index is -1.00. The zero-order valence-electron chi connectivity index (χ0n) is 18.1. The maximum atomic E-state index is 12.6. The molecule has 3 rings (SSSR count). The predicted molar refractivity (Wildman–Crippen MR) is 103 cm³/mol. The van der Waals surface area contributed by atoms with Crippen LogP contribution in [0.1, 0.15) is 67.7 Å². The summed E-state index contributed by atoms with van der Waals surface area (Å²) in [6.07, 6.45) is 2.22. The van der Waals surface area contributed by atoms with Crippen molar-refractivity contribution in [1.29, 1.82) is 0 Å². The molecular formula is C22H34O6. The van der Waals surface area contributed by atoms with Crippen molar-refractivity contribution in [2.45, 2.75) is 97.2 Å². The molecular weight excluding hydrogens is 360 g/mol. The Balaban J connectivity index is 2.07. The van der Waals surface area contributed by atoms with Crippen LogP contribution in [0.5, 0.6) is 0 Å². The minimum Gasteiger partial charge on any atom is -0.459 e. The van der Waals surface area contributed by atoms with Gasteiger partial charge in [0.1, 0.15) is 18.3 Å². The number of allylic oxidation sites excluding steroid dienone is 1. The van der Waals surface area contributed by atoms with E-state index < -0.39 is 28.8 Å². The van der Waals surface area contributed by atoms with Crippen molar-refractivity contribution < 1.29 is 28.9 Å². The highest BCUT2D eigenvalue weighted by atomic mass is 16.6. The molecule has 7 atom stereocenters. The highest BCUT2D eigenvalue weighted by Gasteiger charge is 2.73. The molecule has 0 radical (unpaired) electrons. The Bertz CT molecular complexity index is 699. The molecule has 6 nitrogen and oxygen atoms in total. The molecule has 3 fully saturated rings. The van der Waals surface area contributed by atoms with Crippen LogP contribution in [0.3, 0.4) is 0 Å². The van der Waals surface area contributed by atoms with Crippen molar-refractivity contribution in [3.63, 3.8) is 0 Å². The van der Waals surface area contributed by atoms with Crippen molar-refractivity contribution in [1.82, 2.24) is 0 Å². The van der Waals surface area contributed by atoms with Crippen LogP contribution in [0.25, 0.3) is 0 Å². The lowest BCUT2D eigenvalue weighted by Crippen LogP contribution is -2.54. The maximum Gasteiger partial charge on any atom is 0.333 e. The topological polar surface area (TPSA) is 85.4 Å². The first-order chi connectivity index (χ1) is 12.9. The van der Waals surface area contributed by atoms with E-state index in [0.717, 1.165) is 0 Å². The van der Waals surface area contributed by atoms with E-state index in [1.165, 1.54) is 6.92 Å². The molecule has 0 amide bonds. The first-order valence-corrected chi connectivity index (χ1v) is 10.3. The molecule has 1 heterocycles. The summed E-state index contributed by atoms with van der Waals surface area (Å²) in [4.78, 5) is 24.5. The van der Waals surface area contributed by atoms with Crippen LogP contribution in [0.4, 0.5) is 0 Å². The van der Waals surface area contributed by atoms with Gasteiger partial charge in [0.15, 0.2) is 0 Å². The Morgan fingerprint density at radius 3 is 2.36 bits per heavy atom. The van der Waals surface area contributed by atoms with E-state index in [0.29, 0.717) is 24.8 Å². The molecule has 3 aliphatic rings. The summed E-state index contributed by atoms with van der Waals surface area (Å²) in [7, 11) is 0. The van der Waals surface area contributed by atoms with Gasteiger partial charge in [-0.3, -0.25) is 4.79 Å². The van der Waals surface area contributed by atoms with E-state index >= 15 is 0 Å². The first-order valence-electron chi connectivity index (χ1n) is 10.3. The summed E-state index contributed by atoms with van der Waals surface area (Å²) < 4.78 is 17.7. The highest BCUT2D eigenvalue weighted by Crippen LogP contribution is 2.64. The van der Waals surface area contributed by atoms with Gasteiger partial charge in [-0.1, -0.05) is 26.8 Å². The number of hydrogen-bond donors (Lipinski definition) is 1. The number of epoxide rings is 1. The fourth-order valence-electron chi connectivity index (χ4n) is 5.56.